The van der Waals surface area contributed by atoms with Gasteiger partial charge in [0.15, 0.2) is 0 Å². The van der Waals surface area contributed by atoms with Crippen LogP contribution in [0.5, 0.6) is 5.75 Å². The van der Waals surface area contributed by atoms with Gasteiger partial charge in [0.2, 0.25) is 0 Å². The van der Waals surface area contributed by atoms with Crippen molar-refractivity contribution in [2.45, 2.75) is 45.4 Å². The largest absolute Gasteiger partial charge is 0.508 e. The van der Waals surface area contributed by atoms with Gasteiger partial charge in [0, 0.05) is 13.1 Å². The summed E-state index contributed by atoms with van der Waals surface area (Å²) in [5, 5.41) is 9.45. The quantitative estimate of drug-likeness (QED) is 0.896. The first-order valence-electron chi connectivity index (χ1n) is 7.67. The van der Waals surface area contributed by atoms with Crippen molar-refractivity contribution >= 4 is 6.09 Å². The molecule has 1 atom stereocenters. The minimum atomic E-state index is -1.12. The molecule has 1 unspecified atom stereocenters. The standard InChI is InChI=1S/C17H24FNO3/c1-17(2,3)22-16(21)19-9-7-12(8-10-19)15(18)13-5-4-6-14(20)11-13/h4-6,11-12,15,20H,7-10H2,1-3H3. The van der Waals surface area contributed by atoms with E-state index in [0.29, 0.717) is 31.5 Å². The highest BCUT2D eigenvalue weighted by atomic mass is 19.1. The van der Waals surface area contributed by atoms with Gasteiger partial charge in [-0.3, -0.25) is 0 Å². The summed E-state index contributed by atoms with van der Waals surface area (Å²) >= 11 is 0. The lowest BCUT2D eigenvalue weighted by Gasteiger charge is -2.34. The maximum absolute atomic E-state index is 14.6. The number of carbonyl (C=O) groups excluding carboxylic acids is 1. The van der Waals surface area contributed by atoms with Gasteiger partial charge < -0.3 is 14.7 Å². The molecule has 2 rings (SSSR count). The number of carbonyl (C=O) groups is 1. The van der Waals surface area contributed by atoms with Crippen molar-refractivity contribution in [3.05, 3.63) is 29.8 Å². The van der Waals surface area contributed by atoms with Crippen molar-refractivity contribution in [2.24, 2.45) is 5.92 Å². The lowest BCUT2D eigenvalue weighted by molar-refractivity contribution is 0.0144. The maximum Gasteiger partial charge on any atom is 0.410 e. The van der Waals surface area contributed by atoms with Crippen molar-refractivity contribution < 1.29 is 19.0 Å². The Morgan fingerprint density at radius 1 is 1.36 bits per heavy atom. The van der Waals surface area contributed by atoms with E-state index in [-0.39, 0.29) is 17.8 Å². The van der Waals surface area contributed by atoms with Crippen LogP contribution in [0.25, 0.3) is 0 Å². The van der Waals surface area contributed by atoms with E-state index in [1.807, 2.05) is 20.8 Å². The molecule has 0 radical (unpaired) electrons. The smallest absolute Gasteiger partial charge is 0.410 e. The fraction of sp³-hybridized carbons (Fsp3) is 0.588. The molecule has 0 bridgehead atoms. The third-order valence-corrected chi connectivity index (χ3v) is 3.79. The first kappa shape index (κ1) is 16.6. The zero-order chi connectivity index (χ0) is 16.3. The highest BCUT2D eigenvalue weighted by Crippen LogP contribution is 2.35. The summed E-state index contributed by atoms with van der Waals surface area (Å²) in [6.45, 7) is 6.49. The van der Waals surface area contributed by atoms with Crippen molar-refractivity contribution in [1.82, 2.24) is 4.90 Å². The molecule has 0 aromatic heterocycles. The van der Waals surface area contributed by atoms with E-state index >= 15 is 0 Å². The van der Waals surface area contributed by atoms with E-state index in [4.69, 9.17) is 4.74 Å². The van der Waals surface area contributed by atoms with Crippen LogP contribution >= 0.6 is 0 Å². The van der Waals surface area contributed by atoms with Gasteiger partial charge in [-0.05, 0) is 57.2 Å². The normalized spacial score (nSPS) is 18.1. The zero-order valence-corrected chi connectivity index (χ0v) is 13.4. The molecule has 1 N–H and O–H groups in total. The van der Waals surface area contributed by atoms with E-state index in [2.05, 4.69) is 0 Å². The van der Waals surface area contributed by atoms with Crippen LogP contribution in [-0.2, 0) is 4.74 Å². The minimum Gasteiger partial charge on any atom is -0.508 e. The second-order valence-corrected chi connectivity index (χ2v) is 6.80. The van der Waals surface area contributed by atoms with Crippen LogP contribution in [0.3, 0.4) is 0 Å². The van der Waals surface area contributed by atoms with Gasteiger partial charge in [-0.15, -0.1) is 0 Å². The molecule has 0 aliphatic carbocycles. The van der Waals surface area contributed by atoms with E-state index in [1.54, 1.807) is 17.0 Å². The predicted octanol–water partition coefficient (Wildman–Crippen LogP) is 4.05. The molecule has 0 saturated carbocycles. The third kappa shape index (κ3) is 4.36. The molecule has 122 valence electrons. The molecule has 1 saturated heterocycles. The fourth-order valence-corrected chi connectivity index (χ4v) is 2.67. The lowest BCUT2D eigenvalue weighted by atomic mass is 9.88. The second kappa shape index (κ2) is 6.55. The summed E-state index contributed by atoms with van der Waals surface area (Å²) in [6.07, 6.45) is -0.266. The van der Waals surface area contributed by atoms with E-state index in [9.17, 15) is 14.3 Å². The Labute approximate surface area is 130 Å². The number of halogens is 1. The highest BCUT2D eigenvalue weighted by Gasteiger charge is 2.31. The second-order valence-electron chi connectivity index (χ2n) is 6.80. The summed E-state index contributed by atoms with van der Waals surface area (Å²) in [4.78, 5) is 13.6. The first-order chi connectivity index (χ1) is 10.3. The molecule has 4 nitrogen and oxygen atoms in total. The number of ether oxygens (including phenoxy) is 1. The molecule has 1 aromatic rings. The Morgan fingerprint density at radius 3 is 2.55 bits per heavy atom. The number of aromatic hydroxyl groups is 1. The number of hydrogen-bond donors (Lipinski definition) is 1. The molecule has 22 heavy (non-hydrogen) atoms. The SMILES string of the molecule is CC(C)(C)OC(=O)N1CCC(C(F)c2cccc(O)c2)CC1. The number of likely N-dealkylation sites (tertiary alicyclic amines) is 1. The number of phenols is 1. The average Bonchev–Trinajstić information content (AvgIpc) is 2.45. The van der Waals surface area contributed by atoms with Crippen LogP contribution in [0, 0.1) is 5.92 Å². The number of phenolic OH excluding ortho intramolecular Hbond substituents is 1. The summed E-state index contributed by atoms with van der Waals surface area (Å²) in [6, 6.07) is 6.32. The van der Waals surface area contributed by atoms with Gasteiger partial charge in [0.25, 0.3) is 0 Å². The third-order valence-electron chi connectivity index (χ3n) is 3.79. The van der Waals surface area contributed by atoms with Crippen LogP contribution in [0.1, 0.15) is 45.3 Å². The van der Waals surface area contributed by atoms with E-state index in [0.717, 1.165) is 0 Å². The van der Waals surface area contributed by atoms with Crippen LogP contribution in [0.2, 0.25) is 0 Å². The highest BCUT2D eigenvalue weighted by molar-refractivity contribution is 5.68. The molecular weight excluding hydrogens is 285 g/mol. The van der Waals surface area contributed by atoms with E-state index in [1.165, 1.54) is 12.1 Å². The molecule has 5 heteroatoms. The first-order valence-corrected chi connectivity index (χ1v) is 7.67. The Balaban J connectivity index is 1.90. The Kier molecular flexibility index (Phi) is 4.94. The fourth-order valence-electron chi connectivity index (χ4n) is 2.67. The molecule has 1 heterocycles. The Hall–Kier alpha value is -1.78. The number of rotatable bonds is 2. The number of amides is 1. The molecule has 1 aromatic carbocycles. The monoisotopic (exact) mass is 309 g/mol. The van der Waals surface area contributed by atoms with Gasteiger partial charge in [0.1, 0.15) is 17.5 Å². The topological polar surface area (TPSA) is 49.8 Å². The summed E-state index contributed by atoms with van der Waals surface area (Å²) < 4.78 is 19.9. The summed E-state index contributed by atoms with van der Waals surface area (Å²) in [5.74, 6) is -0.0631. The van der Waals surface area contributed by atoms with Gasteiger partial charge >= 0.3 is 6.09 Å². The van der Waals surface area contributed by atoms with Crippen molar-refractivity contribution in [3.8, 4) is 5.75 Å². The number of alkyl halides is 1. The number of piperidine rings is 1. The van der Waals surface area contributed by atoms with Crippen LogP contribution < -0.4 is 0 Å². The maximum atomic E-state index is 14.6. The average molecular weight is 309 g/mol. The zero-order valence-electron chi connectivity index (χ0n) is 13.4. The van der Waals surface area contributed by atoms with Crippen LogP contribution in [0.4, 0.5) is 9.18 Å². The molecular formula is C17H24FNO3. The lowest BCUT2D eigenvalue weighted by Crippen LogP contribution is -2.42. The molecule has 1 amide bonds. The summed E-state index contributed by atoms with van der Waals surface area (Å²) in [5.41, 5.74) is -0.0197. The Morgan fingerprint density at radius 2 is 2.00 bits per heavy atom. The number of hydrogen-bond acceptors (Lipinski definition) is 3. The minimum absolute atomic E-state index is 0.0753. The van der Waals surface area contributed by atoms with Gasteiger partial charge in [-0.1, -0.05) is 12.1 Å². The molecule has 1 fully saturated rings. The Bertz CT molecular complexity index is 519. The number of benzene rings is 1. The molecule has 0 spiro atoms. The molecule has 1 aliphatic rings. The van der Waals surface area contributed by atoms with Gasteiger partial charge in [-0.25, -0.2) is 9.18 Å². The van der Waals surface area contributed by atoms with Gasteiger partial charge in [0.05, 0.1) is 0 Å². The van der Waals surface area contributed by atoms with Gasteiger partial charge in [-0.2, -0.15) is 0 Å². The van der Waals surface area contributed by atoms with Crippen molar-refractivity contribution in [1.29, 1.82) is 0 Å². The number of nitrogens with zero attached hydrogens (tertiary/aromatic N) is 1. The van der Waals surface area contributed by atoms with Crippen LogP contribution in [0.15, 0.2) is 24.3 Å². The van der Waals surface area contributed by atoms with Crippen molar-refractivity contribution in [3.63, 3.8) is 0 Å². The van der Waals surface area contributed by atoms with Crippen LogP contribution in [-0.4, -0.2) is 34.8 Å². The van der Waals surface area contributed by atoms with E-state index < -0.39 is 11.8 Å². The van der Waals surface area contributed by atoms with Crippen molar-refractivity contribution in [2.75, 3.05) is 13.1 Å². The molecule has 1 aliphatic heterocycles. The predicted molar refractivity (Wildman–Crippen MR) is 82.5 cm³/mol. The summed E-state index contributed by atoms with van der Waals surface area (Å²) in [7, 11) is 0.